The standard InChI is InChI=1S/C23H34O7/c1-5-7-13-26-22-15(3)19(28-16(4)21(24)25-6-2)20-18(29-22)14-27-23(30-20)17-11-9-8-10-12-17/h8-12,15-16,18-20,22-23H,5-7,13-14H2,1-4H3/t15?,16-,18?,19+,20+,22-,23?/m0/s1. The van der Waals surface area contributed by atoms with E-state index in [1.54, 1.807) is 13.8 Å². The van der Waals surface area contributed by atoms with Gasteiger partial charge in [0, 0.05) is 18.1 Å². The third kappa shape index (κ3) is 5.59. The molecule has 0 bridgehead atoms. The van der Waals surface area contributed by atoms with Gasteiger partial charge in [-0.25, -0.2) is 4.79 Å². The summed E-state index contributed by atoms with van der Waals surface area (Å²) < 4.78 is 35.7. The largest absolute Gasteiger partial charge is 0.464 e. The van der Waals surface area contributed by atoms with Crippen LogP contribution in [0.25, 0.3) is 0 Å². The molecule has 3 rings (SSSR count). The highest BCUT2D eigenvalue weighted by molar-refractivity contribution is 5.74. The van der Waals surface area contributed by atoms with Crippen LogP contribution in [0.2, 0.25) is 0 Å². The summed E-state index contributed by atoms with van der Waals surface area (Å²) in [5.41, 5.74) is 0.933. The molecule has 0 aromatic heterocycles. The van der Waals surface area contributed by atoms with E-state index in [-0.39, 0.29) is 24.1 Å². The Labute approximate surface area is 178 Å². The van der Waals surface area contributed by atoms with Crippen LogP contribution in [0.15, 0.2) is 30.3 Å². The molecule has 0 amide bonds. The van der Waals surface area contributed by atoms with E-state index in [4.69, 9.17) is 28.4 Å². The van der Waals surface area contributed by atoms with Gasteiger partial charge in [-0.1, -0.05) is 50.6 Å². The Balaban J connectivity index is 1.76. The van der Waals surface area contributed by atoms with Crippen molar-refractivity contribution in [3.8, 4) is 0 Å². The zero-order valence-corrected chi connectivity index (χ0v) is 18.3. The van der Waals surface area contributed by atoms with Gasteiger partial charge in [0.15, 0.2) is 18.7 Å². The summed E-state index contributed by atoms with van der Waals surface area (Å²) in [4.78, 5) is 12.2. The number of hydrogen-bond donors (Lipinski definition) is 0. The number of hydrogen-bond acceptors (Lipinski definition) is 7. The maximum absolute atomic E-state index is 12.2. The predicted octanol–water partition coefficient (Wildman–Crippen LogP) is 3.62. The average molecular weight is 423 g/mol. The highest BCUT2D eigenvalue weighted by Crippen LogP contribution is 2.38. The normalized spacial score (nSPS) is 32.3. The van der Waals surface area contributed by atoms with Gasteiger partial charge in [-0.15, -0.1) is 0 Å². The Hall–Kier alpha value is -1.51. The van der Waals surface area contributed by atoms with E-state index >= 15 is 0 Å². The van der Waals surface area contributed by atoms with Crippen LogP contribution in [-0.4, -0.2) is 56.5 Å². The number of benzene rings is 1. The summed E-state index contributed by atoms with van der Waals surface area (Å²) in [6.45, 7) is 8.88. The summed E-state index contributed by atoms with van der Waals surface area (Å²) in [5.74, 6) is -0.516. The molecule has 0 saturated carbocycles. The fraction of sp³-hybridized carbons (Fsp3) is 0.696. The zero-order chi connectivity index (χ0) is 21.5. The van der Waals surface area contributed by atoms with Crippen LogP contribution in [0.5, 0.6) is 0 Å². The lowest BCUT2D eigenvalue weighted by Crippen LogP contribution is -2.60. The number of esters is 1. The van der Waals surface area contributed by atoms with Gasteiger partial charge in [0.05, 0.1) is 19.3 Å². The molecule has 7 atom stereocenters. The van der Waals surface area contributed by atoms with Gasteiger partial charge in [-0.2, -0.15) is 0 Å². The van der Waals surface area contributed by atoms with Crippen LogP contribution >= 0.6 is 0 Å². The van der Waals surface area contributed by atoms with Gasteiger partial charge in [-0.05, 0) is 20.3 Å². The number of ether oxygens (including phenoxy) is 6. The molecule has 0 N–H and O–H groups in total. The second-order valence-electron chi connectivity index (χ2n) is 7.80. The lowest BCUT2D eigenvalue weighted by molar-refractivity contribution is -0.358. The smallest absolute Gasteiger partial charge is 0.334 e. The van der Waals surface area contributed by atoms with E-state index in [9.17, 15) is 4.79 Å². The minimum atomic E-state index is -0.714. The van der Waals surface area contributed by atoms with E-state index in [2.05, 4.69) is 6.92 Å². The van der Waals surface area contributed by atoms with E-state index in [1.165, 1.54) is 0 Å². The fourth-order valence-corrected chi connectivity index (χ4v) is 3.77. The molecular formula is C23H34O7. The van der Waals surface area contributed by atoms with Crippen molar-refractivity contribution in [2.45, 2.75) is 77.5 Å². The van der Waals surface area contributed by atoms with Crippen molar-refractivity contribution in [1.82, 2.24) is 0 Å². The molecule has 30 heavy (non-hydrogen) atoms. The van der Waals surface area contributed by atoms with E-state index in [0.717, 1.165) is 18.4 Å². The second-order valence-corrected chi connectivity index (χ2v) is 7.80. The lowest BCUT2D eigenvalue weighted by Gasteiger charge is -2.48. The summed E-state index contributed by atoms with van der Waals surface area (Å²) in [6.07, 6.45) is -0.803. The van der Waals surface area contributed by atoms with Crippen LogP contribution < -0.4 is 0 Å². The molecule has 0 aliphatic carbocycles. The molecular weight excluding hydrogens is 388 g/mol. The van der Waals surface area contributed by atoms with Crippen molar-refractivity contribution in [3.05, 3.63) is 35.9 Å². The summed E-state index contributed by atoms with van der Waals surface area (Å²) in [6, 6.07) is 9.77. The van der Waals surface area contributed by atoms with Crippen molar-refractivity contribution in [3.63, 3.8) is 0 Å². The summed E-state index contributed by atoms with van der Waals surface area (Å²) in [5, 5.41) is 0. The first-order chi connectivity index (χ1) is 14.5. The third-order valence-electron chi connectivity index (χ3n) is 5.47. The Morgan fingerprint density at radius 2 is 1.97 bits per heavy atom. The molecule has 2 aliphatic heterocycles. The van der Waals surface area contributed by atoms with Crippen LogP contribution in [-0.2, 0) is 33.2 Å². The Morgan fingerprint density at radius 1 is 1.20 bits per heavy atom. The van der Waals surface area contributed by atoms with Crippen LogP contribution in [0.1, 0.15) is 52.4 Å². The Morgan fingerprint density at radius 3 is 2.67 bits per heavy atom. The van der Waals surface area contributed by atoms with Gasteiger partial charge in [0.2, 0.25) is 0 Å². The van der Waals surface area contributed by atoms with E-state index in [1.807, 2.05) is 37.3 Å². The molecule has 7 nitrogen and oxygen atoms in total. The third-order valence-corrected chi connectivity index (χ3v) is 5.47. The van der Waals surface area contributed by atoms with Crippen LogP contribution in [0.3, 0.4) is 0 Å². The molecule has 0 spiro atoms. The van der Waals surface area contributed by atoms with Gasteiger partial charge >= 0.3 is 5.97 Å². The molecule has 1 aromatic carbocycles. The minimum Gasteiger partial charge on any atom is -0.464 e. The summed E-state index contributed by atoms with van der Waals surface area (Å²) >= 11 is 0. The first kappa shape index (κ1) is 23.2. The number of unbranched alkanes of at least 4 members (excludes halogenated alkanes) is 1. The topological polar surface area (TPSA) is 72.5 Å². The fourth-order valence-electron chi connectivity index (χ4n) is 3.77. The minimum absolute atomic E-state index is 0.130. The van der Waals surface area contributed by atoms with Gasteiger partial charge in [0.25, 0.3) is 0 Å². The molecule has 2 fully saturated rings. The maximum atomic E-state index is 12.2. The molecule has 0 radical (unpaired) electrons. The maximum Gasteiger partial charge on any atom is 0.334 e. The number of carbonyl (C=O) groups excluding carboxylic acids is 1. The molecule has 7 heteroatoms. The lowest BCUT2D eigenvalue weighted by atomic mass is 9.91. The molecule has 2 aliphatic rings. The van der Waals surface area contributed by atoms with Gasteiger partial charge < -0.3 is 28.4 Å². The molecule has 2 heterocycles. The van der Waals surface area contributed by atoms with Crippen LogP contribution in [0, 0.1) is 5.92 Å². The van der Waals surface area contributed by atoms with E-state index in [0.29, 0.717) is 19.8 Å². The molecule has 1 aromatic rings. The highest BCUT2D eigenvalue weighted by Gasteiger charge is 2.50. The van der Waals surface area contributed by atoms with Crippen molar-refractivity contribution in [2.24, 2.45) is 5.92 Å². The van der Waals surface area contributed by atoms with Gasteiger partial charge in [0.1, 0.15) is 12.2 Å². The highest BCUT2D eigenvalue weighted by atomic mass is 16.7. The van der Waals surface area contributed by atoms with Crippen molar-refractivity contribution >= 4 is 5.97 Å². The first-order valence-corrected chi connectivity index (χ1v) is 11.0. The van der Waals surface area contributed by atoms with Crippen molar-refractivity contribution in [1.29, 1.82) is 0 Å². The number of carbonyl (C=O) groups is 1. The number of rotatable bonds is 9. The average Bonchev–Trinajstić information content (AvgIpc) is 2.77. The van der Waals surface area contributed by atoms with Gasteiger partial charge in [-0.3, -0.25) is 0 Å². The first-order valence-electron chi connectivity index (χ1n) is 11.0. The Bertz CT molecular complexity index is 652. The SMILES string of the molecule is CCCCO[C@H]1OC2COC(c3ccccc3)O[C@H]2[C@H](O[C@@H](C)C(=O)OCC)C1C. The van der Waals surface area contributed by atoms with Crippen LogP contribution in [0.4, 0.5) is 0 Å². The van der Waals surface area contributed by atoms with Crippen molar-refractivity contribution in [2.75, 3.05) is 19.8 Å². The predicted molar refractivity (Wildman–Crippen MR) is 110 cm³/mol. The zero-order valence-electron chi connectivity index (χ0n) is 18.3. The Kier molecular flexibility index (Phi) is 8.65. The summed E-state index contributed by atoms with van der Waals surface area (Å²) in [7, 11) is 0. The molecule has 2 saturated heterocycles. The number of fused-ring (bicyclic) bond motifs is 1. The molecule has 3 unspecified atom stereocenters. The second kappa shape index (κ2) is 11.2. The molecule has 168 valence electrons. The van der Waals surface area contributed by atoms with E-state index < -0.39 is 24.8 Å². The van der Waals surface area contributed by atoms with Crippen molar-refractivity contribution < 1.29 is 33.2 Å². The monoisotopic (exact) mass is 422 g/mol. The quantitative estimate of drug-likeness (QED) is 0.445.